The smallest absolute Gasteiger partial charge is 0.377 e. The Bertz CT molecular complexity index is 395. The van der Waals surface area contributed by atoms with E-state index in [9.17, 15) is 9.59 Å². The van der Waals surface area contributed by atoms with Gasteiger partial charge in [-0.1, -0.05) is 0 Å². The number of nitrogens with zero attached hydrogens (tertiary/aromatic N) is 1. The molecule has 128 valence electrons. The van der Waals surface area contributed by atoms with Crippen LogP contribution >= 0.6 is 0 Å². The molecular formula is C15H29NO5Si. The second-order valence-electron chi connectivity index (χ2n) is 6.66. The van der Waals surface area contributed by atoms with Crippen molar-refractivity contribution in [2.24, 2.45) is 5.92 Å². The normalized spacial score (nSPS) is 20.6. The van der Waals surface area contributed by atoms with Gasteiger partial charge < -0.3 is 13.3 Å². The maximum absolute atomic E-state index is 12.6. The highest BCUT2D eigenvalue weighted by Gasteiger charge is 2.41. The van der Waals surface area contributed by atoms with Gasteiger partial charge in [0, 0.05) is 45.3 Å². The highest BCUT2D eigenvalue weighted by molar-refractivity contribution is 6.60. The maximum Gasteiger partial charge on any atom is 0.500 e. The molecule has 1 saturated heterocycles. The minimum Gasteiger partial charge on any atom is -0.377 e. The van der Waals surface area contributed by atoms with E-state index in [-0.39, 0.29) is 17.7 Å². The van der Waals surface area contributed by atoms with E-state index in [0.717, 1.165) is 12.8 Å². The van der Waals surface area contributed by atoms with Gasteiger partial charge in [-0.15, -0.1) is 0 Å². The molecule has 2 amide bonds. The number of likely N-dealkylation sites (tertiary alicyclic amines) is 1. The van der Waals surface area contributed by atoms with Crippen molar-refractivity contribution in [3.63, 3.8) is 0 Å². The van der Waals surface area contributed by atoms with Gasteiger partial charge in [0.1, 0.15) is 0 Å². The fourth-order valence-corrected chi connectivity index (χ4v) is 4.68. The maximum atomic E-state index is 12.6. The molecule has 0 aromatic rings. The fraction of sp³-hybridized carbons (Fsp3) is 0.867. The van der Waals surface area contributed by atoms with Gasteiger partial charge >= 0.3 is 8.80 Å². The van der Waals surface area contributed by atoms with Crippen LogP contribution in [0.15, 0.2) is 0 Å². The quantitative estimate of drug-likeness (QED) is 0.528. The van der Waals surface area contributed by atoms with Crippen molar-refractivity contribution < 1.29 is 22.9 Å². The Morgan fingerprint density at radius 1 is 1.14 bits per heavy atom. The van der Waals surface area contributed by atoms with E-state index < -0.39 is 14.3 Å². The second kappa shape index (κ2) is 7.67. The number of amides is 2. The Labute approximate surface area is 134 Å². The van der Waals surface area contributed by atoms with Gasteiger partial charge in [-0.3, -0.25) is 14.5 Å². The predicted molar refractivity (Wildman–Crippen MR) is 85.2 cm³/mol. The summed E-state index contributed by atoms with van der Waals surface area (Å²) in [6.45, 7) is 5.68. The summed E-state index contributed by atoms with van der Waals surface area (Å²) in [6, 6.07) is 0.670. The summed E-state index contributed by atoms with van der Waals surface area (Å²) >= 11 is 0. The zero-order valence-electron chi connectivity index (χ0n) is 14.6. The van der Waals surface area contributed by atoms with Crippen molar-refractivity contribution in [2.45, 2.75) is 58.0 Å². The van der Waals surface area contributed by atoms with Crippen molar-refractivity contribution in [2.75, 3.05) is 21.3 Å². The van der Waals surface area contributed by atoms with E-state index >= 15 is 0 Å². The first-order valence-corrected chi connectivity index (χ1v) is 9.66. The summed E-state index contributed by atoms with van der Waals surface area (Å²) in [7, 11) is 2.18. The molecule has 7 heteroatoms. The molecule has 0 radical (unpaired) electrons. The van der Waals surface area contributed by atoms with E-state index in [1.165, 1.54) is 4.90 Å². The molecular weight excluding hydrogens is 302 g/mol. The molecule has 0 N–H and O–H groups in total. The van der Waals surface area contributed by atoms with Crippen LogP contribution in [0.5, 0.6) is 0 Å². The minimum atomic E-state index is -2.58. The van der Waals surface area contributed by atoms with Crippen molar-refractivity contribution in [1.29, 1.82) is 0 Å². The molecule has 0 aromatic carbocycles. The van der Waals surface area contributed by atoms with Gasteiger partial charge in [-0.2, -0.15) is 0 Å². The third-order valence-corrected chi connectivity index (χ3v) is 7.00. The summed E-state index contributed by atoms with van der Waals surface area (Å²) in [5, 5.41) is 0. The van der Waals surface area contributed by atoms with Crippen molar-refractivity contribution in [1.82, 2.24) is 4.90 Å². The van der Waals surface area contributed by atoms with E-state index in [2.05, 4.69) is 0 Å². The molecule has 0 spiro atoms. The second-order valence-corrected chi connectivity index (χ2v) is 9.75. The molecule has 22 heavy (non-hydrogen) atoms. The molecule has 0 aliphatic carbocycles. The van der Waals surface area contributed by atoms with Gasteiger partial charge in [0.2, 0.25) is 11.8 Å². The molecule has 0 saturated carbocycles. The van der Waals surface area contributed by atoms with Gasteiger partial charge in [0.15, 0.2) is 0 Å². The molecule has 6 nitrogen and oxygen atoms in total. The third-order valence-electron chi connectivity index (χ3n) is 4.17. The Balaban J connectivity index is 2.63. The van der Waals surface area contributed by atoms with E-state index in [0.29, 0.717) is 18.9 Å². The Morgan fingerprint density at radius 3 is 2.14 bits per heavy atom. The highest BCUT2D eigenvalue weighted by atomic mass is 28.4. The molecule has 1 heterocycles. The van der Waals surface area contributed by atoms with Crippen LogP contribution in [-0.4, -0.2) is 52.4 Å². The van der Waals surface area contributed by atoms with Crippen LogP contribution in [-0.2, 0) is 22.9 Å². The molecule has 1 unspecified atom stereocenters. The molecule has 1 rings (SSSR count). The SMILES string of the molecule is CO[Si](CCCC1CCC(=O)N(C(C)(C)C)C1=O)(OC)OC. The third kappa shape index (κ3) is 4.38. The first-order valence-electron chi connectivity index (χ1n) is 7.73. The molecule has 1 fully saturated rings. The number of imide groups is 1. The van der Waals surface area contributed by atoms with Crippen molar-refractivity contribution in [3.8, 4) is 0 Å². The number of rotatable bonds is 7. The van der Waals surface area contributed by atoms with Crippen LogP contribution in [0.1, 0.15) is 46.5 Å². The number of hydrogen-bond donors (Lipinski definition) is 0. The number of carbonyl (C=O) groups is 2. The lowest BCUT2D eigenvalue weighted by atomic mass is 9.89. The zero-order chi connectivity index (χ0) is 17.0. The van der Waals surface area contributed by atoms with Crippen LogP contribution in [0.3, 0.4) is 0 Å². The standard InChI is InChI=1S/C15H29NO5Si/c1-15(2,3)16-13(17)10-9-12(14(16)18)8-7-11-22(19-4,20-5)21-6/h12H,7-11H2,1-6H3. The number of piperidine rings is 1. The molecule has 0 bridgehead atoms. The summed E-state index contributed by atoms with van der Waals surface area (Å²) in [4.78, 5) is 26.0. The van der Waals surface area contributed by atoms with Crippen molar-refractivity contribution >= 4 is 20.6 Å². The van der Waals surface area contributed by atoms with Crippen molar-refractivity contribution in [3.05, 3.63) is 0 Å². The average Bonchev–Trinajstić information content (AvgIpc) is 2.45. The first kappa shape index (κ1) is 19.3. The fourth-order valence-electron chi connectivity index (χ4n) is 2.93. The van der Waals surface area contributed by atoms with Crippen LogP contribution in [0.4, 0.5) is 0 Å². The average molecular weight is 331 g/mol. The van der Waals surface area contributed by atoms with E-state index in [1.54, 1.807) is 21.3 Å². The topological polar surface area (TPSA) is 65.1 Å². The summed E-state index contributed by atoms with van der Waals surface area (Å²) in [5.74, 6) is -0.222. The molecule has 1 aliphatic heterocycles. The lowest BCUT2D eigenvalue weighted by molar-refractivity contribution is -0.157. The first-order chi connectivity index (χ1) is 10.2. The number of hydrogen-bond acceptors (Lipinski definition) is 5. The minimum absolute atomic E-state index is 0.0525. The number of carbonyl (C=O) groups excluding carboxylic acids is 2. The van der Waals surface area contributed by atoms with E-state index in [1.807, 2.05) is 20.8 Å². The van der Waals surface area contributed by atoms with Gasteiger partial charge in [0.05, 0.1) is 0 Å². The Morgan fingerprint density at radius 2 is 1.68 bits per heavy atom. The lowest BCUT2D eigenvalue weighted by Crippen LogP contribution is -2.54. The summed E-state index contributed by atoms with van der Waals surface area (Å²) in [5.41, 5.74) is -0.461. The van der Waals surface area contributed by atoms with Crippen LogP contribution in [0.25, 0.3) is 0 Å². The molecule has 0 aromatic heterocycles. The van der Waals surface area contributed by atoms with Crippen LogP contribution in [0, 0.1) is 5.92 Å². The van der Waals surface area contributed by atoms with Gasteiger partial charge in [-0.25, -0.2) is 0 Å². The largest absolute Gasteiger partial charge is 0.500 e. The monoisotopic (exact) mass is 331 g/mol. The Kier molecular flexibility index (Phi) is 6.73. The van der Waals surface area contributed by atoms with Crippen LogP contribution < -0.4 is 0 Å². The van der Waals surface area contributed by atoms with Crippen LogP contribution in [0.2, 0.25) is 6.04 Å². The van der Waals surface area contributed by atoms with E-state index in [4.69, 9.17) is 13.3 Å². The van der Waals surface area contributed by atoms with Gasteiger partial charge in [0.25, 0.3) is 0 Å². The van der Waals surface area contributed by atoms with Gasteiger partial charge in [-0.05, 0) is 40.0 Å². The summed E-state index contributed by atoms with van der Waals surface area (Å²) < 4.78 is 16.2. The predicted octanol–water partition coefficient (Wildman–Crippen LogP) is 2.21. The summed E-state index contributed by atoms with van der Waals surface area (Å²) in [6.07, 6.45) is 2.58. The molecule has 1 aliphatic rings. The lowest BCUT2D eigenvalue weighted by Gasteiger charge is -2.39. The highest BCUT2D eigenvalue weighted by Crippen LogP contribution is 2.30. The zero-order valence-corrected chi connectivity index (χ0v) is 15.6. The Hall–Kier alpha value is -0.763. The molecule has 1 atom stereocenters.